The molecule has 0 amide bonds. The summed E-state index contributed by atoms with van der Waals surface area (Å²) < 4.78 is 4.28. The molecule has 0 aromatic heterocycles. The van der Waals surface area contributed by atoms with E-state index >= 15 is 0 Å². The number of hydrogen-bond acceptors (Lipinski definition) is 2. The summed E-state index contributed by atoms with van der Waals surface area (Å²) in [5.41, 5.74) is 3.65. The monoisotopic (exact) mass is 343 g/mol. The highest BCUT2D eigenvalue weighted by Gasteiger charge is 2.37. The summed E-state index contributed by atoms with van der Waals surface area (Å²) in [6, 6.07) is 31.8. The quantitative estimate of drug-likeness (QED) is 0.292. The van der Waals surface area contributed by atoms with Crippen LogP contribution >= 0.6 is 11.9 Å². The van der Waals surface area contributed by atoms with Gasteiger partial charge in [0.2, 0.25) is 0 Å². The standard InChI is InChI=1S/C23H21NS/c1-2-3-19-24-25-23(20-13-7-4-8-14-20,21-15-9-5-10-16-21)22-17-11-6-12-18-22/h2-19H,1H3/b3-2-,24-19?. The van der Waals surface area contributed by atoms with E-state index in [1.807, 2.05) is 25.3 Å². The molecule has 0 saturated heterocycles. The Hall–Kier alpha value is -2.58. The van der Waals surface area contributed by atoms with Gasteiger partial charge >= 0.3 is 0 Å². The third-order valence-electron chi connectivity index (χ3n) is 4.07. The molecule has 124 valence electrons. The smallest absolute Gasteiger partial charge is 0.112 e. The fourth-order valence-corrected chi connectivity index (χ4v) is 3.92. The Morgan fingerprint density at radius 3 is 1.44 bits per heavy atom. The van der Waals surface area contributed by atoms with Crippen molar-refractivity contribution in [1.29, 1.82) is 0 Å². The maximum absolute atomic E-state index is 4.67. The molecular weight excluding hydrogens is 322 g/mol. The summed E-state index contributed by atoms with van der Waals surface area (Å²) in [6.07, 6.45) is 5.80. The highest BCUT2D eigenvalue weighted by Crippen LogP contribution is 2.48. The highest BCUT2D eigenvalue weighted by atomic mass is 32.2. The zero-order valence-electron chi connectivity index (χ0n) is 14.2. The van der Waals surface area contributed by atoms with Gasteiger partial charge in [0, 0.05) is 6.21 Å². The average Bonchev–Trinajstić information content (AvgIpc) is 2.70. The predicted molar refractivity (Wildman–Crippen MR) is 110 cm³/mol. The summed E-state index contributed by atoms with van der Waals surface area (Å²) in [4.78, 5) is 0. The minimum absolute atomic E-state index is 0.387. The van der Waals surface area contributed by atoms with Crippen molar-refractivity contribution in [3.8, 4) is 0 Å². The van der Waals surface area contributed by atoms with Crippen LogP contribution in [0.2, 0.25) is 0 Å². The van der Waals surface area contributed by atoms with E-state index in [4.69, 9.17) is 0 Å². The molecule has 0 aliphatic rings. The molecule has 3 aromatic rings. The number of allylic oxidation sites excluding steroid dienone is 2. The van der Waals surface area contributed by atoms with Crippen molar-refractivity contribution in [1.82, 2.24) is 0 Å². The first kappa shape index (κ1) is 17.2. The number of benzene rings is 3. The van der Waals surface area contributed by atoms with Crippen LogP contribution in [0.25, 0.3) is 0 Å². The first-order valence-electron chi connectivity index (χ1n) is 8.37. The number of nitrogens with zero attached hydrogens (tertiary/aromatic N) is 1. The largest absolute Gasteiger partial charge is 0.223 e. The molecule has 0 N–H and O–H groups in total. The Bertz CT molecular complexity index is 727. The topological polar surface area (TPSA) is 12.4 Å². The predicted octanol–water partition coefficient (Wildman–Crippen LogP) is 6.27. The third kappa shape index (κ3) is 3.75. The van der Waals surface area contributed by atoms with Crippen molar-refractivity contribution in [2.45, 2.75) is 11.7 Å². The van der Waals surface area contributed by atoms with Crippen LogP contribution in [0, 0.1) is 0 Å². The van der Waals surface area contributed by atoms with E-state index in [0.29, 0.717) is 0 Å². The fourth-order valence-electron chi connectivity index (χ4n) is 2.91. The van der Waals surface area contributed by atoms with E-state index in [2.05, 4.69) is 95.4 Å². The van der Waals surface area contributed by atoms with Crippen molar-refractivity contribution in [2.24, 2.45) is 4.40 Å². The van der Waals surface area contributed by atoms with Crippen molar-refractivity contribution >= 4 is 18.2 Å². The molecule has 3 rings (SSSR count). The molecule has 1 nitrogen and oxygen atoms in total. The van der Waals surface area contributed by atoms with E-state index in [9.17, 15) is 0 Å². The Labute approximate surface area is 154 Å². The second kappa shape index (κ2) is 8.50. The third-order valence-corrected chi connectivity index (χ3v) is 5.28. The van der Waals surface area contributed by atoms with Gasteiger partial charge in [-0.2, -0.15) is 0 Å². The molecule has 0 radical (unpaired) electrons. The van der Waals surface area contributed by atoms with E-state index in [-0.39, 0.29) is 4.75 Å². The Morgan fingerprint density at radius 2 is 1.08 bits per heavy atom. The van der Waals surface area contributed by atoms with Crippen molar-refractivity contribution in [3.63, 3.8) is 0 Å². The van der Waals surface area contributed by atoms with E-state index in [1.54, 1.807) is 11.9 Å². The summed E-state index contributed by atoms with van der Waals surface area (Å²) in [5.74, 6) is 0. The zero-order chi connectivity index (χ0) is 17.4. The molecule has 0 unspecified atom stereocenters. The van der Waals surface area contributed by atoms with Crippen LogP contribution in [-0.4, -0.2) is 6.21 Å². The summed E-state index contributed by atoms with van der Waals surface area (Å²) >= 11 is 1.59. The first-order chi connectivity index (χ1) is 12.4. The second-order valence-electron chi connectivity index (χ2n) is 5.65. The molecule has 0 heterocycles. The molecule has 3 aromatic carbocycles. The Balaban J connectivity index is 2.23. The van der Waals surface area contributed by atoms with Gasteiger partial charge < -0.3 is 0 Å². The maximum Gasteiger partial charge on any atom is 0.112 e. The van der Waals surface area contributed by atoms with Crippen LogP contribution in [0.5, 0.6) is 0 Å². The lowest BCUT2D eigenvalue weighted by atomic mass is 9.84. The maximum atomic E-state index is 4.67. The van der Waals surface area contributed by atoms with Crippen LogP contribution in [0.3, 0.4) is 0 Å². The SMILES string of the molecule is C/C=C\C=NSC(c1ccccc1)(c1ccccc1)c1ccccc1. The van der Waals surface area contributed by atoms with Gasteiger partial charge in [-0.15, -0.1) is 0 Å². The van der Waals surface area contributed by atoms with Crippen molar-refractivity contribution in [2.75, 3.05) is 0 Å². The molecule has 0 aliphatic heterocycles. The van der Waals surface area contributed by atoms with Crippen molar-refractivity contribution < 1.29 is 0 Å². The number of hydrogen-bond donors (Lipinski definition) is 0. The van der Waals surface area contributed by atoms with E-state index in [0.717, 1.165) is 0 Å². The van der Waals surface area contributed by atoms with Crippen LogP contribution in [0.1, 0.15) is 23.6 Å². The van der Waals surface area contributed by atoms with Gasteiger partial charge in [-0.05, 0) is 41.6 Å². The molecule has 0 atom stereocenters. The lowest BCUT2D eigenvalue weighted by Gasteiger charge is -2.33. The molecule has 0 spiro atoms. The van der Waals surface area contributed by atoms with Crippen molar-refractivity contribution in [3.05, 3.63) is 120 Å². The Morgan fingerprint density at radius 1 is 0.680 bits per heavy atom. The summed E-state index contributed by atoms with van der Waals surface area (Å²) in [7, 11) is 0. The van der Waals surface area contributed by atoms with E-state index < -0.39 is 0 Å². The van der Waals surface area contributed by atoms with Crippen LogP contribution < -0.4 is 0 Å². The molecule has 0 fully saturated rings. The summed E-state index contributed by atoms with van der Waals surface area (Å²) in [6.45, 7) is 2.00. The molecule has 0 aliphatic carbocycles. The lowest BCUT2D eigenvalue weighted by molar-refractivity contribution is 0.896. The van der Waals surface area contributed by atoms with Crippen LogP contribution in [0.15, 0.2) is 108 Å². The molecule has 25 heavy (non-hydrogen) atoms. The number of rotatable bonds is 6. The van der Waals surface area contributed by atoms with Gasteiger partial charge in [0.25, 0.3) is 0 Å². The lowest BCUT2D eigenvalue weighted by Crippen LogP contribution is -2.24. The first-order valence-corrected chi connectivity index (χ1v) is 9.14. The Kier molecular flexibility index (Phi) is 5.86. The van der Waals surface area contributed by atoms with Gasteiger partial charge in [-0.1, -0.05) is 97.1 Å². The van der Waals surface area contributed by atoms with Gasteiger partial charge in [0.05, 0.1) is 0 Å². The van der Waals surface area contributed by atoms with Gasteiger partial charge in [0.1, 0.15) is 4.75 Å². The van der Waals surface area contributed by atoms with Crippen LogP contribution in [0.4, 0.5) is 0 Å². The minimum atomic E-state index is -0.387. The highest BCUT2D eigenvalue weighted by molar-refractivity contribution is 7.99. The van der Waals surface area contributed by atoms with E-state index in [1.165, 1.54) is 16.7 Å². The molecule has 0 saturated carbocycles. The summed E-state index contributed by atoms with van der Waals surface area (Å²) in [5, 5.41) is 0. The normalized spacial score (nSPS) is 12.0. The molecular formula is C23H21NS. The average molecular weight is 343 g/mol. The second-order valence-corrected chi connectivity index (χ2v) is 6.66. The van der Waals surface area contributed by atoms with Gasteiger partial charge in [-0.3, -0.25) is 0 Å². The minimum Gasteiger partial charge on any atom is -0.223 e. The van der Waals surface area contributed by atoms with Gasteiger partial charge in [0.15, 0.2) is 0 Å². The van der Waals surface area contributed by atoms with Gasteiger partial charge in [-0.25, -0.2) is 4.40 Å². The molecule has 0 bridgehead atoms. The molecule has 2 heteroatoms. The van der Waals surface area contributed by atoms with Crippen LogP contribution in [-0.2, 0) is 4.75 Å². The fraction of sp³-hybridized carbons (Fsp3) is 0.0870. The zero-order valence-corrected chi connectivity index (χ0v) is 15.1.